The van der Waals surface area contributed by atoms with Crippen LogP contribution in [0.1, 0.15) is 43.9 Å². The van der Waals surface area contributed by atoms with Gasteiger partial charge in [-0.3, -0.25) is 14.4 Å². The summed E-state index contributed by atoms with van der Waals surface area (Å²) in [5, 5.41) is 5.43. The number of nitrogens with one attached hydrogen (secondary N) is 2. The third kappa shape index (κ3) is 9.69. The predicted octanol–water partition coefficient (Wildman–Crippen LogP) is 3.32. The number of anilines is 1. The molecule has 1 fully saturated rings. The molecular formula is C30H40Cl2N6O5. The van der Waals surface area contributed by atoms with Gasteiger partial charge in [-0.05, 0) is 49.9 Å². The Morgan fingerprint density at radius 2 is 1.74 bits per heavy atom. The third-order valence-corrected chi connectivity index (χ3v) is 6.82. The van der Waals surface area contributed by atoms with Gasteiger partial charge in [0.25, 0.3) is 5.91 Å². The summed E-state index contributed by atoms with van der Waals surface area (Å²) in [6.07, 6.45) is 5.03. The smallest absolute Gasteiger partial charge is 0.250 e. The highest BCUT2D eigenvalue weighted by atomic mass is 35.5. The van der Waals surface area contributed by atoms with Crippen molar-refractivity contribution < 1.29 is 23.9 Å². The van der Waals surface area contributed by atoms with Gasteiger partial charge in [-0.2, -0.15) is 0 Å². The number of aromatic nitrogens is 2. The van der Waals surface area contributed by atoms with Gasteiger partial charge >= 0.3 is 0 Å². The summed E-state index contributed by atoms with van der Waals surface area (Å²) in [6, 6.07) is 15.1. The van der Waals surface area contributed by atoms with Crippen LogP contribution in [0.15, 0.2) is 67.1 Å². The molecule has 1 saturated heterocycles. The number of likely N-dealkylation sites (tertiary alicyclic amines) is 1. The maximum atomic E-state index is 13.6. The number of carbonyl (C=O) groups excluding carboxylic acids is 3. The Labute approximate surface area is 264 Å². The number of imidazole rings is 1. The minimum Gasteiger partial charge on any atom is -0.497 e. The van der Waals surface area contributed by atoms with Crippen LogP contribution in [0.5, 0.6) is 5.75 Å². The molecule has 0 bridgehead atoms. The quantitative estimate of drug-likeness (QED) is 0.277. The highest BCUT2D eigenvalue weighted by Crippen LogP contribution is 2.27. The fourth-order valence-electron chi connectivity index (χ4n) is 4.52. The van der Waals surface area contributed by atoms with Gasteiger partial charge in [-0.1, -0.05) is 42.5 Å². The van der Waals surface area contributed by atoms with Gasteiger partial charge in [-0.25, -0.2) is 4.98 Å². The second kappa shape index (κ2) is 16.3. The molecule has 234 valence electrons. The number of hydrogen-bond donors (Lipinski definition) is 3. The van der Waals surface area contributed by atoms with E-state index >= 15 is 0 Å². The molecule has 3 aromatic rings. The first kappa shape index (κ1) is 35.6. The molecule has 2 atom stereocenters. The van der Waals surface area contributed by atoms with Crippen molar-refractivity contribution in [1.82, 2.24) is 19.8 Å². The number of nitrogens with zero attached hydrogens (tertiary/aromatic N) is 3. The van der Waals surface area contributed by atoms with Crippen molar-refractivity contribution in [2.75, 3.05) is 32.1 Å². The summed E-state index contributed by atoms with van der Waals surface area (Å²) in [5.41, 5.74) is 6.42. The second-order valence-electron chi connectivity index (χ2n) is 10.7. The van der Waals surface area contributed by atoms with E-state index in [0.717, 1.165) is 24.0 Å². The van der Waals surface area contributed by atoms with Crippen LogP contribution in [0.4, 0.5) is 5.82 Å². The van der Waals surface area contributed by atoms with Gasteiger partial charge in [0.05, 0.1) is 32.2 Å². The topological polar surface area (TPSA) is 141 Å². The minimum absolute atomic E-state index is 0. The molecule has 13 heteroatoms. The lowest BCUT2D eigenvalue weighted by atomic mass is 10.0. The van der Waals surface area contributed by atoms with Gasteiger partial charge in [-0.15, -0.1) is 24.8 Å². The molecule has 2 heterocycles. The lowest BCUT2D eigenvalue weighted by Crippen LogP contribution is -2.56. The van der Waals surface area contributed by atoms with E-state index in [1.165, 1.54) is 6.33 Å². The van der Waals surface area contributed by atoms with E-state index in [0.29, 0.717) is 18.8 Å². The molecule has 43 heavy (non-hydrogen) atoms. The van der Waals surface area contributed by atoms with Crippen LogP contribution in [0, 0.1) is 0 Å². The van der Waals surface area contributed by atoms with Crippen LogP contribution in [0.3, 0.4) is 0 Å². The van der Waals surface area contributed by atoms with E-state index < -0.39 is 29.4 Å². The van der Waals surface area contributed by atoms with Crippen molar-refractivity contribution in [2.24, 2.45) is 5.73 Å². The van der Waals surface area contributed by atoms with Crippen LogP contribution >= 0.6 is 24.8 Å². The van der Waals surface area contributed by atoms with Crippen molar-refractivity contribution in [2.45, 2.75) is 50.9 Å². The summed E-state index contributed by atoms with van der Waals surface area (Å²) in [7, 11) is 1.58. The van der Waals surface area contributed by atoms with Gasteiger partial charge in [0.1, 0.15) is 17.8 Å². The first-order valence-corrected chi connectivity index (χ1v) is 13.6. The van der Waals surface area contributed by atoms with Crippen molar-refractivity contribution in [3.8, 4) is 5.75 Å². The zero-order valence-electron chi connectivity index (χ0n) is 24.5. The molecule has 1 aliphatic rings. The number of carbonyl (C=O) groups is 3. The number of amides is 3. The Kier molecular flexibility index (Phi) is 13.5. The molecule has 0 spiro atoms. The van der Waals surface area contributed by atoms with Gasteiger partial charge in [0.2, 0.25) is 11.8 Å². The molecule has 0 aliphatic carbocycles. The molecule has 0 radical (unpaired) electrons. The fourth-order valence-corrected chi connectivity index (χ4v) is 4.52. The number of ether oxygens (including phenoxy) is 2. The Bertz CT molecular complexity index is 1340. The second-order valence-corrected chi connectivity index (χ2v) is 10.7. The Balaban J connectivity index is 0.00000323. The van der Waals surface area contributed by atoms with Crippen LogP contribution in [-0.2, 0) is 25.7 Å². The number of nitrogens with two attached hydrogens (primary N) is 1. The van der Waals surface area contributed by atoms with E-state index in [9.17, 15) is 14.4 Å². The number of halogens is 2. The molecule has 1 unspecified atom stereocenters. The molecule has 1 aromatic heterocycles. The molecule has 0 saturated carbocycles. The van der Waals surface area contributed by atoms with Gasteiger partial charge < -0.3 is 35.3 Å². The molecule has 3 amide bonds. The molecule has 11 nitrogen and oxygen atoms in total. The largest absolute Gasteiger partial charge is 0.497 e. The molecule has 4 rings (SSSR count). The summed E-state index contributed by atoms with van der Waals surface area (Å²) in [4.78, 5) is 45.7. The number of hydrogen-bond acceptors (Lipinski definition) is 7. The van der Waals surface area contributed by atoms with Gasteiger partial charge in [0, 0.05) is 19.3 Å². The van der Waals surface area contributed by atoms with Crippen LogP contribution < -0.4 is 21.1 Å². The van der Waals surface area contributed by atoms with Crippen molar-refractivity contribution >= 4 is 48.4 Å². The van der Waals surface area contributed by atoms with Crippen molar-refractivity contribution in [3.63, 3.8) is 0 Å². The van der Waals surface area contributed by atoms with Crippen LogP contribution in [0.25, 0.3) is 0 Å². The predicted molar refractivity (Wildman–Crippen MR) is 169 cm³/mol. The standard InChI is InChI=1S/C30H38N6O5.2ClH/c1-30(2,31)29(39)33-24(19-41-18-21-10-5-4-6-11-21)27(37)34-25-17-36(20-32-25)26(28(38)35-14-7-8-15-35)22-12-9-13-23(16-22)40-3;;/h4-6,9-13,16-17,20,24,26H,7-8,14-15,18-19,31H2,1-3H3,(H,33,39)(H,34,37);2*1H/t24-,26?;;/m1../s1. The SMILES string of the molecule is COc1cccc(C(C(=O)N2CCCC2)n2cnc(NC(=O)[C@@H](COCc3ccccc3)NC(=O)C(C)(C)N)c2)c1.Cl.Cl. The average molecular weight is 636 g/mol. The number of benzene rings is 2. The minimum atomic E-state index is -1.20. The van der Waals surface area contributed by atoms with E-state index in [-0.39, 0.29) is 49.8 Å². The normalized spacial score (nSPS) is 14.1. The molecule has 2 aromatic carbocycles. The Morgan fingerprint density at radius 1 is 1.05 bits per heavy atom. The summed E-state index contributed by atoms with van der Waals surface area (Å²) < 4.78 is 12.8. The molecule has 4 N–H and O–H groups in total. The van der Waals surface area contributed by atoms with Crippen LogP contribution in [-0.4, -0.2) is 70.6 Å². The zero-order chi connectivity index (χ0) is 29.4. The Morgan fingerprint density at radius 3 is 2.40 bits per heavy atom. The zero-order valence-corrected chi connectivity index (χ0v) is 26.2. The summed E-state index contributed by atoms with van der Waals surface area (Å²) in [6.45, 7) is 4.68. The van der Waals surface area contributed by atoms with Gasteiger partial charge in [0.15, 0.2) is 5.82 Å². The maximum Gasteiger partial charge on any atom is 0.250 e. The van der Waals surface area contributed by atoms with E-state index in [4.69, 9.17) is 15.2 Å². The maximum absolute atomic E-state index is 13.6. The van der Waals surface area contributed by atoms with Crippen LogP contribution in [0.2, 0.25) is 0 Å². The third-order valence-electron chi connectivity index (χ3n) is 6.82. The van der Waals surface area contributed by atoms with E-state index in [2.05, 4.69) is 15.6 Å². The number of methoxy groups -OCH3 is 1. The monoisotopic (exact) mass is 634 g/mol. The summed E-state index contributed by atoms with van der Waals surface area (Å²) >= 11 is 0. The highest BCUT2D eigenvalue weighted by Gasteiger charge is 2.31. The van der Waals surface area contributed by atoms with Crippen molar-refractivity contribution in [1.29, 1.82) is 0 Å². The molecule has 1 aliphatic heterocycles. The number of rotatable bonds is 12. The summed E-state index contributed by atoms with van der Waals surface area (Å²) in [5.74, 6) is -0.222. The Hall–Kier alpha value is -3.64. The first-order valence-electron chi connectivity index (χ1n) is 13.6. The first-order chi connectivity index (χ1) is 19.7. The molecular weight excluding hydrogens is 595 g/mol. The van der Waals surface area contributed by atoms with Crippen molar-refractivity contribution in [3.05, 3.63) is 78.2 Å². The highest BCUT2D eigenvalue weighted by molar-refractivity contribution is 5.98. The lowest BCUT2D eigenvalue weighted by Gasteiger charge is -2.25. The average Bonchev–Trinajstić information content (AvgIpc) is 3.66. The fraction of sp³-hybridized carbons (Fsp3) is 0.400. The van der Waals surface area contributed by atoms with E-state index in [1.54, 1.807) is 31.7 Å². The van der Waals surface area contributed by atoms with E-state index in [1.807, 2.05) is 59.5 Å². The lowest BCUT2D eigenvalue weighted by molar-refractivity contribution is -0.132.